The van der Waals surface area contributed by atoms with E-state index in [2.05, 4.69) is 85.0 Å². The summed E-state index contributed by atoms with van der Waals surface area (Å²) >= 11 is 1.68. The maximum atomic E-state index is 13.1. The number of fused-ring (bicyclic) bond motifs is 3. The Bertz CT molecular complexity index is 1800. The van der Waals surface area contributed by atoms with Crippen molar-refractivity contribution in [2.45, 2.75) is 29.3 Å². The monoisotopic (exact) mass is 566 g/mol. The summed E-state index contributed by atoms with van der Waals surface area (Å²) in [5, 5.41) is 3.35. The minimum absolute atomic E-state index is 0.118. The number of hydrogen-bond acceptors (Lipinski definition) is 4. The Hall–Kier alpha value is -4.61. The summed E-state index contributed by atoms with van der Waals surface area (Å²) in [6.07, 6.45) is 0. The van der Waals surface area contributed by atoms with Gasteiger partial charge >= 0.3 is 0 Å². The van der Waals surface area contributed by atoms with Crippen molar-refractivity contribution in [3.05, 3.63) is 155 Å². The highest BCUT2D eigenvalue weighted by Crippen LogP contribution is 2.56. The Morgan fingerprint density at radius 1 is 0.690 bits per heavy atom. The number of hydrogen-bond donors (Lipinski definition) is 2. The van der Waals surface area contributed by atoms with Crippen LogP contribution < -0.4 is 11.1 Å². The molecule has 206 valence electrons. The molecule has 1 heterocycles. The van der Waals surface area contributed by atoms with E-state index in [1.54, 1.807) is 36.0 Å². The van der Waals surface area contributed by atoms with Crippen molar-refractivity contribution < 1.29 is 9.59 Å². The molecule has 0 spiro atoms. The number of amides is 1. The van der Waals surface area contributed by atoms with Crippen LogP contribution in [0.15, 0.2) is 121 Å². The number of benzene rings is 5. The van der Waals surface area contributed by atoms with Crippen molar-refractivity contribution in [2.75, 3.05) is 11.1 Å². The second-order valence-electron chi connectivity index (χ2n) is 11.3. The van der Waals surface area contributed by atoms with Crippen LogP contribution in [0.5, 0.6) is 0 Å². The number of nitrogen functional groups attached to an aromatic ring is 1. The van der Waals surface area contributed by atoms with Gasteiger partial charge in [0, 0.05) is 27.8 Å². The smallest absolute Gasteiger partial charge is 0.255 e. The van der Waals surface area contributed by atoms with Gasteiger partial charge in [-0.05, 0) is 76.7 Å². The van der Waals surface area contributed by atoms with E-state index in [0.29, 0.717) is 22.1 Å². The predicted molar refractivity (Wildman–Crippen MR) is 172 cm³/mol. The second-order valence-corrected chi connectivity index (χ2v) is 13.1. The van der Waals surface area contributed by atoms with Gasteiger partial charge in [-0.2, -0.15) is 0 Å². The van der Waals surface area contributed by atoms with Crippen LogP contribution in [0, 0.1) is 0 Å². The Labute approximate surface area is 250 Å². The molecule has 0 bridgehead atoms. The number of carbonyl (C=O) groups is 2. The number of rotatable bonds is 6. The van der Waals surface area contributed by atoms with Gasteiger partial charge in [0.05, 0.1) is 10.2 Å². The lowest BCUT2D eigenvalue weighted by atomic mass is 9.67. The first-order chi connectivity index (χ1) is 20.3. The third-order valence-corrected chi connectivity index (χ3v) is 10.5. The van der Waals surface area contributed by atoms with Crippen LogP contribution in [0.4, 0.5) is 11.4 Å². The van der Waals surface area contributed by atoms with Crippen molar-refractivity contribution in [1.82, 2.24) is 0 Å². The molecule has 0 aromatic heterocycles. The maximum absolute atomic E-state index is 13.1. The number of nitrogens with one attached hydrogen (secondary N) is 1. The molecule has 1 saturated heterocycles. The predicted octanol–water partition coefficient (Wildman–Crippen LogP) is 7.96. The summed E-state index contributed by atoms with van der Waals surface area (Å²) in [4.78, 5) is 26.0. The zero-order valence-electron chi connectivity index (χ0n) is 23.4. The maximum Gasteiger partial charge on any atom is 0.255 e. The van der Waals surface area contributed by atoms with Crippen molar-refractivity contribution >= 4 is 34.8 Å². The molecule has 5 aromatic carbocycles. The van der Waals surface area contributed by atoms with E-state index >= 15 is 0 Å². The fraction of sp³-hybridized carbons (Fsp3) is 0.135. The highest BCUT2D eigenvalue weighted by atomic mass is 32.2. The van der Waals surface area contributed by atoms with Gasteiger partial charge in [-0.15, -0.1) is 11.8 Å². The standard InChI is InChI=1S/C37H30N2O2S/c1-23-36(2,42-23)34(40)24-11-13-25(14-12-24)35(41)39-29-21-17-27(18-22-29)37(26-15-19-28(38)20-16-26)32-9-5-3-7-30(32)31-8-4-6-10-33(31)37/h3-23H,38H2,1-2H3,(H,39,41). The molecular weight excluding hydrogens is 536 g/mol. The van der Waals surface area contributed by atoms with Gasteiger partial charge < -0.3 is 11.1 Å². The molecule has 7 rings (SSSR count). The normalized spacial score (nSPS) is 19.4. The van der Waals surface area contributed by atoms with Crippen LogP contribution in [-0.2, 0) is 5.41 Å². The molecule has 1 fully saturated rings. The highest BCUT2D eigenvalue weighted by Gasteiger charge is 2.54. The number of carbonyl (C=O) groups excluding carboxylic acids is 2. The zero-order valence-corrected chi connectivity index (χ0v) is 24.2. The molecule has 1 aliphatic heterocycles. The first-order valence-corrected chi connectivity index (χ1v) is 15.0. The van der Waals surface area contributed by atoms with Gasteiger partial charge in [0.15, 0.2) is 5.78 Å². The molecule has 42 heavy (non-hydrogen) atoms. The molecule has 0 radical (unpaired) electrons. The van der Waals surface area contributed by atoms with E-state index in [9.17, 15) is 9.59 Å². The molecule has 2 atom stereocenters. The molecule has 0 saturated carbocycles. The molecule has 2 aliphatic rings. The Morgan fingerprint density at radius 3 is 1.69 bits per heavy atom. The third kappa shape index (κ3) is 3.99. The SMILES string of the molecule is CC1SC1(C)C(=O)c1ccc(C(=O)Nc2ccc(C3(c4ccc(N)cc4)c4ccccc4-c4ccccc43)cc2)cc1. The van der Waals surface area contributed by atoms with E-state index in [0.717, 1.165) is 16.8 Å². The fourth-order valence-corrected chi connectivity index (χ4v) is 7.39. The average molecular weight is 567 g/mol. The summed E-state index contributed by atoms with van der Waals surface area (Å²) < 4.78 is -0.352. The summed E-state index contributed by atoms with van der Waals surface area (Å²) in [5.41, 5.74) is 15.2. The average Bonchev–Trinajstić information content (AvgIpc) is 3.54. The van der Waals surface area contributed by atoms with Crippen LogP contribution >= 0.6 is 11.8 Å². The number of nitrogens with two attached hydrogens (primary N) is 1. The first kappa shape index (κ1) is 26.3. The van der Waals surface area contributed by atoms with Gasteiger partial charge in [-0.3, -0.25) is 9.59 Å². The molecule has 3 N–H and O–H groups in total. The van der Waals surface area contributed by atoms with Crippen molar-refractivity contribution in [1.29, 1.82) is 0 Å². The fourth-order valence-electron chi connectivity index (χ4n) is 6.39. The molecule has 1 aliphatic carbocycles. The second kappa shape index (κ2) is 9.74. The zero-order chi connectivity index (χ0) is 29.1. The van der Waals surface area contributed by atoms with Gasteiger partial charge in [-0.25, -0.2) is 0 Å². The van der Waals surface area contributed by atoms with E-state index in [-0.39, 0.29) is 16.4 Å². The van der Waals surface area contributed by atoms with Crippen LogP contribution in [0.1, 0.15) is 56.8 Å². The molecular formula is C37H30N2O2S. The minimum atomic E-state index is -0.528. The summed E-state index contributed by atoms with van der Waals surface area (Å²) in [6, 6.07) is 40.3. The molecule has 1 amide bonds. The van der Waals surface area contributed by atoms with E-state index in [4.69, 9.17) is 5.73 Å². The lowest BCUT2D eigenvalue weighted by Crippen LogP contribution is -2.28. The highest BCUT2D eigenvalue weighted by molar-refractivity contribution is 8.09. The quantitative estimate of drug-likeness (QED) is 0.122. The molecule has 5 heteroatoms. The van der Waals surface area contributed by atoms with E-state index < -0.39 is 5.41 Å². The van der Waals surface area contributed by atoms with Gasteiger partial charge in [-0.1, -0.05) is 91.9 Å². The van der Waals surface area contributed by atoms with Gasteiger partial charge in [0.2, 0.25) is 0 Å². The van der Waals surface area contributed by atoms with Crippen LogP contribution in [-0.4, -0.2) is 21.7 Å². The van der Waals surface area contributed by atoms with Crippen LogP contribution in [0.2, 0.25) is 0 Å². The number of ketones is 1. The molecule has 4 nitrogen and oxygen atoms in total. The molecule has 5 aromatic rings. The van der Waals surface area contributed by atoms with Crippen molar-refractivity contribution in [2.24, 2.45) is 0 Å². The van der Waals surface area contributed by atoms with Gasteiger partial charge in [0.25, 0.3) is 5.91 Å². The largest absolute Gasteiger partial charge is 0.399 e. The van der Waals surface area contributed by atoms with Crippen molar-refractivity contribution in [3.63, 3.8) is 0 Å². The number of anilines is 2. The number of Topliss-reactive ketones (excluding diaryl/α,β-unsaturated/α-hetero) is 1. The first-order valence-electron chi connectivity index (χ1n) is 14.1. The Balaban J connectivity index is 1.22. The van der Waals surface area contributed by atoms with E-state index in [1.807, 2.05) is 31.2 Å². The third-order valence-electron chi connectivity index (χ3n) is 8.87. The topological polar surface area (TPSA) is 72.2 Å². The lowest BCUT2D eigenvalue weighted by molar-refractivity contribution is 0.0963. The minimum Gasteiger partial charge on any atom is -0.399 e. The lowest BCUT2D eigenvalue weighted by Gasteiger charge is -2.34. The Kier molecular flexibility index (Phi) is 6.10. The summed E-state index contributed by atoms with van der Waals surface area (Å²) in [7, 11) is 0. The van der Waals surface area contributed by atoms with Gasteiger partial charge in [0.1, 0.15) is 0 Å². The Morgan fingerprint density at radius 2 is 1.17 bits per heavy atom. The summed E-state index contributed by atoms with van der Waals surface area (Å²) in [5.74, 6) is -0.0976. The summed E-state index contributed by atoms with van der Waals surface area (Å²) in [6.45, 7) is 4.05. The van der Waals surface area contributed by atoms with Crippen LogP contribution in [0.25, 0.3) is 11.1 Å². The van der Waals surface area contributed by atoms with Crippen molar-refractivity contribution in [3.8, 4) is 11.1 Å². The molecule has 2 unspecified atom stereocenters. The van der Waals surface area contributed by atoms with E-state index in [1.165, 1.54) is 22.3 Å². The van der Waals surface area contributed by atoms with Crippen LogP contribution in [0.3, 0.4) is 0 Å². The number of thioether (sulfide) groups is 1.